The zero-order valence-corrected chi connectivity index (χ0v) is 12.2. The number of nitrogens with two attached hydrogens (primary N) is 1. The van der Waals surface area contributed by atoms with Crippen molar-refractivity contribution >= 4 is 45.4 Å². The molecular formula is C10H11Cl3FNO2S. The van der Waals surface area contributed by atoms with Crippen LogP contribution in [0.4, 0.5) is 4.39 Å². The molecule has 18 heavy (non-hydrogen) atoms. The van der Waals surface area contributed by atoms with Gasteiger partial charge in [0.1, 0.15) is 11.6 Å². The number of halogens is 4. The number of sulfone groups is 1. The molecule has 0 saturated carbocycles. The van der Waals surface area contributed by atoms with E-state index in [0.29, 0.717) is 0 Å². The Morgan fingerprint density at radius 3 is 2.22 bits per heavy atom. The quantitative estimate of drug-likeness (QED) is 0.921. The normalized spacial score (nSPS) is 12.1. The lowest BCUT2D eigenvalue weighted by Crippen LogP contribution is -2.08. The van der Waals surface area contributed by atoms with Crippen LogP contribution < -0.4 is 5.73 Å². The molecule has 1 aromatic carbocycles. The highest BCUT2D eigenvalue weighted by Crippen LogP contribution is 2.24. The summed E-state index contributed by atoms with van der Waals surface area (Å²) in [5.74, 6) is -1.55. The van der Waals surface area contributed by atoms with Crippen molar-refractivity contribution in [1.29, 1.82) is 0 Å². The monoisotopic (exact) mass is 333 g/mol. The molecular weight excluding hydrogens is 324 g/mol. The zero-order chi connectivity index (χ0) is 13.1. The lowest BCUT2D eigenvalue weighted by Gasteiger charge is -2.04. The van der Waals surface area contributed by atoms with Gasteiger partial charge in [-0.25, -0.2) is 12.8 Å². The molecule has 0 spiro atoms. The Morgan fingerprint density at radius 2 is 1.78 bits per heavy atom. The van der Waals surface area contributed by atoms with E-state index < -0.39 is 21.4 Å². The molecule has 0 aliphatic rings. The van der Waals surface area contributed by atoms with Gasteiger partial charge in [-0.05, 0) is 24.3 Å². The van der Waals surface area contributed by atoms with E-state index in [1.54, 1.807) is 0 Å². The van der Waals surface area contributed by atoms with Crippen LogP contribution in [0.1, 0.15) is 0 Å². The van der Waals surface area contributed by atoms with E-state index in [0.717, 1.165) is 6.08 Å². The first-order chi connectivity index (χ1) is 7.85. The Labute approximate surface area is 121 Å². The summed E-state index contributed by atoms with van der Waals surface area (Å²) in [6.45, 7) is -0.0579. The minimum absolute atomic E-state index is 0. The molecule has 0 amide bonds. The summed E-state index contributed by atoms with van der Waals surface area (Å²) in [4.78, 5) is -0.115. The second-order valence-electron chi connectivity index (χ2n) is 3.25. The van der Waals surface area contributed by atoms with E-state index in [9.17, 15) is 12.8 Å². The lowest BCUT2D eigenvalue weighted by atomic mass is 10.4. The summed E-state index contributed by atoms with van der Waals surface area (Å²) in [5, 5.41) is 0.360. The third-order valence-electron chi connectivity index (χ3n) is 1.86. The van der Waals surface area contributed by atoms with Crippen molar-refractivity contribution in [2.45, 2.75) is 4.90 Å². The highest BCUT2D eigenvalue weighted by molar-refractivity contribution is 7.91. The average molecular weight is 335 g/mol. The molecule has 102 valence electrons. The predicted octanol–water partition coefficient (Wildman–Crippen LogP) is 3.00. The molecule has 0 radical (unpaired) electrons. The zero-order valence-electron chi connectivity index (χ0n) is 9.07. The van der Waals surface area contributed by atoms with Gasteiger partial charge in [0.2, 0.25) is 0 Å². The van der Waals surface area contributed by atoms with Gasteiger partial charge < -0.3 is 5.73 Å². The molecule has 2 N–H and O–H groups in total. The van der Waals surface area contributed by atoms with E-state index in [1.807, 2.05) is 0 Å². The van der Waals surface area contributed by atoms with Gasteiger partial charge in [-0.15, -0.1) is 12.4 Å². The molecule has 0 unspecified atom stereocenters. The molecule has 0 fully saturated rings. The second kappa shape index (κ2) is 7.31. The van der Waals surface area contributed by atoms with Crippen molar-refractivity contribution in [3.05, 3.63) is 40.1 Å². The first-order valence-electron chi connectivity index (χ1n) is 4.58. The van der Waals surface area contributed by atoms with Crippen molar-refractivity contribution in [3.63, 3.8) is 0 Å². The van der Waals surface area contributed by atoms with Crippen molar-refractivity contribution < 1.29 is 12.8 Å². The van der Waals surface area contributed by atoms with Crippen LogP contribution in [0.2, 0.25) is 10.0 Å². The highest BCUT2D eigenvalue weighted by atomic mass is 35.5. The molecule has 0 atom stereocenters. The third-order valence-corrected chi connectivity index (χ3v) is 3.91. The first-order valence-corrected chi connectivity index (χ1v) is 6.99. The Bertz CT molecular complexity index is 526. The first kappa shape index (κ1) is 17.7. The molecule has 0 saturated heterocycles. The molecule has 0 aromatic heterocycles. The summed E-state index contributed by atoms with van der Waals surface area (Å²) in [7, 11) is -3.79. The van der Waals surface area contributed by atoms with Crippen LogP contribution in [0.25, 0.3) is 0 Å². The van der Waals surface area contributed by atoms with Gasteiger partial charge in [0, 0.05) is 16.6 Å². The van der Waals surface area contributed by atoms with E-state index in [1.165, 1.54) is 18.2 Å². The van der Waals surface area contributed by atoms with E-state index >= 15 is 0 Å². The van der Waals surface area contributed by atoms with Gasteiger partial charge in [0.25, 0.3) is 0 Å². The van der Waals surface area contributed by atoms with Crippen LogP contribution in [0.15, 0.2) is 35.0 Å². The van der Waals surface area contributed by atoms with E-state index in [-0.39, 0.29) is 33.9 Å². The molecule has 3 nitrogen and oxygen atoms in total. The van der Waals surface area contributed by atoms with Crippen molar-refractivity contribution in [1.82, 2.24) is 0 Å². The smallest absolute Gasteiger partial charge is 0.184 e. The predicted molar refractivity (Wildman–Crippen MR) is 74.0 cm³/mol. The Morgan fingerprint density at radius 1 is 1.28 bits per heavy atom. The summed E-state index contributed by atoms with van der Waals surface area (Å²) in [6, 6.07) is 3.84. The van der Waals surface area contributed by atoms with Crippen LogP contribution in [-0.2, 0) is 9.84 Å². The van der Waals surface area contributed by atoms with Crippen molar-refractivity contribution in [2.24, 2.45) is 5.73 Å². The summed E-state index contributed by atoms with van der Waals surface area (Å²) < 4.78 is 36.7. The Hall–Kier alpha value is -0.330. The second-order valence-corrected chi connectivity index (χ2v) is 6.11. The average Bonchev–Trinajstić information content (AvgIpc) is 2.15. The van der Waals surface area contributed by atoms with E-state index in [2.05, 4.69) is 0 Å². The van der Waals surface area contributed by atoms with Crippen LogP contribution in [0.5, 0.6) is 0 Å². The van der Waals surface area contributed by atoms with Gasteiger partial charge in [0.05, 0.1) is 4.90 Å². The van der Waals surface area contributed by atoms with Gasteiger partial charge in [-0.3, -0.25) is 0 Å². The van der Waals surface area contributed by atoms with E-state index in [4.69, 9.17) is 28.9 Å². The molecule has 0 bridgehead atoms. The van der Waals surface area contributed by atoms with Crippen LogP contribution in [0.3, 0.4) is 0 Å². The van der Waals surface area contributed by atoms with Crippen molar-refractivity contribution in [3.8, 4) is 0 Å². The molecule has 1 rings (SSSR count). The molecule has 8 heteroatoms. The van der Waals surface area contributed by atoms with Crippen LogP contribution >= 0.6 is 35.6 Å². The maximum absolute atomic E-state index is 13.1. The van der Waals surface area contributed by atoms with Crippen LogP contribution in [0, 0.1) is 0 Å². The highest BCUT2D eigenvalue weighted by Gasteiger charge is 2.18. The summed E-state index contributed by atoms with van der Waals surface area (Å²) in [6.07, 6.45) is 1.00. The Kier molecular flexibility index (Phi) is 7.17. The van der Waals surface area contributed by atoms with Gasteiger partial charge in [0.15, 0.2) is 9.84 Å². The van der Waals surface area contributed by atoms with Crippen molar-refractivity contribution in [2.75, 3.05) is 12.3 Å². The fraction of sp³-hybridized carbons (Fsp3) is 0.200. The summed E-state index contributed by atoms with van der Waals surface area (Å²) in [5.41, 5.74) is 5.08. The van der Waals surface area contributed by atoms with Gasteiger partial charge in [-0.2, -0.15) is 0 Å². The maximum Gasteiger partial charge on any atom is 0.184 e. The lowest BCUT2D eigenvalue weighted by molar-refractivity contribution is 0.583. The largest absolute Gasteiger partial charge is 0.327 e. The number of hydrogen-bond donors (Lipinski definition) is 1. The fourth-order valence-electron chi connectivity index (χ4n) is 1.16. The minimum atomic E-state index is -3.79. The maximum atomic E-state index is 13.1. The molecule has 0 aliphatic carbocycles. The minimum Gasteiger partial charge on any atom is -0.327 e. The third kappa shape index (κ3) is 5.12. The summed E-state index contributed by atoms with van der Waals surface area (Å²) >= 11 is 11.4. The topological polar surface area (TPSA) is 60.2 Å². The van der Waals surface area contributed by atoms with Crippen LogP contribution in [-0.4, -0.2) is 20.7 Å². The Balaban J connectivity index is 0.00000289. The molecule has 0 heterocycles. The number of hydrogen-bond acceptors (Lipinski definition) is 3. The SMILES string of the molecule is Cl.NC/C=C(\F)CS(=O)(=O)c1cc(Cl)cc(Cl)c1. The number of rotatable bonds is 4. The van der Waals surface area contributed by atoms with Gasteiger partial charge >= 0.3 is 0 Å². The number of benzene rings is 1. The fourth-order valence-corrected chi connectivity index (χ4v) is 3.08. The standard InChI is InChI=1S/C10H10Cl2FNO2S.ClH/c11-7-3-8(12)5-10(4-7)17(15,16)6-9(13)1-2-14;/h1,3-5H,2,6,14H2;1H/b9-1-;. The molecule has 1 aromatic rings. The van der Waals surface area contributed by atoms with Gasteiger partial charge in [-0.1, -0.05) is 23.2 Å². The molecule has 0 aliphatic heterocycles.